The maximum Gasteiger partial charge on any atom is 0.227 e. The van der Waals surface area contributed by atoms with Gasteiger partial charge in [-0.1, -0.05) is 6.92 Å². The van der Waals surface area contributed by atoms with Crippen LogP contribution in [0, 0.1) is 19.8 Å². The summed E-state index contributed by atoms with van der Waals surface area (Å²) in [5.41, 5.74) is 2.76. The third-order valence-corrected chi connectivity index (χ3v) is 4.71. The topological polar surface area (TPSA) is 67.3 Å². The minimum absolute atomic E-state index is 0.0168. The molecule has 1 N–H and O–H groups in total. The summed E-state index contributed by atoms with van der Waals surface area (Å²) >= 11 is 0. The lowest BCUT2D eigenvalue weighted by Gasteiger charge is -2.31. The SMILES string of the molecule is CCCOc1ccc(NC(=O)C2CCN(c3nc(C)cc(C)n3)CC2)cc1. The molecule has 1 fully saturated rings. The zero-order valence-corrected chi connectivity index (χ0v) is 16.4. The van der Waals surface area contributed by atoms with E-state index in [0.717, 1.165) is 61.1 Å². The number of anilines is 2. The first kappa shape index (κ1) is 19.1. The van der Waals surface area contributed by atoms with E-state index in [1.807, 2.05) is 44.2 Å². The number of aryl methyl sites for hydroxylation is 2. The number of aromatic nitrogens is 2. The molecule has 6 nitrogen and oxygen atoms in total. The lowest BCUT2D eigenvalue weighted by molar-refractivity contribution is -0.120. The van der Waals surface area contributed by atoms with Crippen molar-refractivity contribution in [2.24, 2.45) is 5.92 Å². The number of piperidine rings is 1. The first-order valence-electron chi connectivity index (χ1n) is 9.66. The fourth-order valence-electron chi connectivity index (χ4n) is 3.29. The summed E-state index contributed by atoms with van der Waals surface area (Å²) in [4.78, 5) is 23.8. The molecule has 0 unspecified atom stereocenters. The van der Waals surface area contributed by atoms with Gasteiger partial charge in [-0.2, -0.15) is 0 Å². The second-order valence-corrected chi connectivity index (χ2v) is 7.07. The summed E-state index contributed by atoms with van der Waals surface area (Å²) in [6.45, 7) is 8.34. The zero-order chi connectivity index (χ0) is 19.2. The molecule has 144 valence electrons. The molecule has 0 spiro atoms. The molecule has 2 heterocycles. The van der Waals surface area contributed by atoms with Gasteiger partial charge in [0.25, 0.3) is 0 Å². The normalized spacial score (nSPS) is 14.9. The van der Waals surface area contributed by atoms with Crippen molar-refractivity contribution in [3.8, 4) is 5.75 Å². The number of carbonyl (C=O) groups is 1. The van der Waals surface area contributed by atoms with Gasteiger partial charge < -0.3 is 15.0 Å². The van der Waals surface area contributed by atoms with E-state index in [0.29, 0.717) is 6.61 Å². The van der Waals surface area contributed by atoms with Crippen LogP contribution in [0.1, 0.15) is 37.6 Å². The van der Waals surface area contributed by atoms with Crippen LogP contribution in [-0.4, -0.2) is 35.6 Å². The van der Waals surface area contributed by atoms with E-state index in [2.05, 4.69) is 27.1 Å². The lowest BCUT2D eigenvalue weighted by atomic mass is 9.96. The highest BCUT2D eigenvalue weighted by Gasteiger charge is 2.26. The van der Waals surface area contributed by atoms with Crippen LogP contribution in [0.3, 0.4) is 0 Å². The van der Waals surface area contributed by atoms with Gasteiger partial charge in [-0.25, -0.2) is 9.97 Å². The Morgan fingerprint density at radius 2 is 1.78 bits per heavy atom. The first-order chi connectivity index (χ1) is 13.0. The van der Waals surface area contributed by atoms with Crippen molar-refractivity contribution in [1.29, 1.82) is 0 Å². The van der Waals surface area contributed by atoms with E-state index in [4.69, 9.17) is 4.74 Å². The van der Waals surface area contributed by atoms with E-state index >= 15 is 0 Å². The molecule has 1 aliphatic heterocycles. The summed E-state index contributed by atoms with van der Waals surface area (Å²) in [7, 11) is 0. The van der Waals surface area contributed by atoms with Gasteiger partial charge in [-0.05, 0) is 63.4 Å². The molecular formula is C21H28N4O2. The minimum atomic E-state index is 0.0168. The fraction of sp³-hybridized carbons (Fsp3) is 0.476. The van der Waals surface area contributed by atoms with Crippen molar-refractivity contribution in [2.75, 3.05) is 29.9 Å². The van der Waals surface area contributed by atoms with Gasteiger partial charge in [0, 0.05) is 36.1 Å². The van der Waals surface area contributed by atoms with Crippen LogP contribution in [0.15, 0.2) is 30.3 Å². The molecule has 2 aromatic rings. The molecule has 1 aromatic carbocycles. The van der Waals surface area contributed by atoms with Crippen molar-refractivity contribution in [3.05, 3.63) is 41.7 Å². The van der Waals surface area contributed by atoms with E-state index in [1.54, 1.807) is 0 Å². The summed E-state index contributed by atoms with van der Waals surface area (Å²) in [5.74, 6) is 1.70. The Kier molecular flexibility index (Phi) is 6.27. The molecule has 6 heteroatoms. The second kappa shape index (κ2) is 8.84. The number of rotatable bonds is 6. The van der Waals surface area contributed by atoms with Crippen LogP contribution in [-0.2, 0) is 4.79 Å². The summed E-state index contributed by atoms with van der Waals surface area (Å²) < 4.78 is 5.57. The molecule has 1 aliphatic rings. The van der Waals surface area contributed by atoms with Crippen molar-refractivity contribution < 1.29 is 9.53 Å². The second-order valence-electron chi connectivity index (χ2n) is 7.07. The third-order valence-electron chi connectivity index (χ3n) is 4.71. The lowest BCUT2D eigenvalue weighted by Crippen LogP contribution is -2.39. The number of ether oxygens (including phenoxy) is 1. The summed E-state index contributed by atoms with van der Waals surface area (Å²) in [6, 6.07) is 9.54. The molecular weight excluding hydrogens is 340 g/mol. The molecule has 0 saturated carbocycles. The van der Waals surface area contributed by atoms with Crippen LogP contribution in [0.2, 0.25) is 0 Å². The maximum atomic E-state index is 12.6. The smallest absolute Gasteiger partial charge is 0.227 e. The molecule has 0 bridgehead atoms. The van der Waals surface area contributed by atoms with Gasteiger partial charge in [0.15, 0.2) is 0 Å². The Balaban J connectivity index is 1.52. The van der Waals surface area contributed by atoms with Gasteiger partial charge in [-0.3, -0.25) is 4.79 Å². The van der Waals surface area contributed by atoms with Crippen LogP contribution in [0.25, 0.3) is 0 Å². The third kappa shape index (κ3) is 5.18. The van der Waals surface area contributed by atoms with Crippen molar-refractivity contribution >= 4 is 17.5 Å². The predicted octanol–water partition coefficient (Wildman–Crippen LogP) is 3.74. The summed E-state index contributed by atoms with van der Waals surface area (Å²) in [6.07, 6.45) is 2.59. The molecule has 0 aliphatic carbocycles. The van der Waals surface area contributed by atoms with Gasteiger partial charge >= 0.3 is 0 Å². The number of hydrogen-bond donors (Lipinski definition) is 1. The molecule has 3 rings (SSSR count). The highest BCUT2D eigenvalue weighted by molar-refractivity contribution is 5.92. The number of nitrogens with one attached hydrogen (secondary N) is 1. The van der Waals surface area contributed by atoms with Gasteiger partial charge in [0.05, 0.1) is 6.61 Å². The van der Waals surface area contributed by atoms with Crippen molar-refractivity contribution in [3.63, 3.8) is 0 Å². The van der Waals surface area contributed by atoms with Crippen LogP contribution in [0.5, 0.6) is 5.75 Å². The van der Waals surface area contributed by atoms with Gasteiger partial charge in [-0.15, -0.1) is 0 Å². The van der Waals surface area contributed by atoms with E-state index < -0.39 is 0 Å². The van der Waals surface area contributed by atoms with Crippen molar-refractivity contribution in [1.82, 2.24) is 9.97 Å². The van der Waals surface area contributed by atoms with E-state index in [9.17, 15) is 4.79 Å². The maximum absolute atomic E-state index is 12.6. The van der Waals surface area contributed by atoms with Crippen molar-refractivity contribution in [2.45, 2.75) is 40.0 Å². The first-order valence-corrected chi connectivity index (χ1v) is 9.66. The molecule has 0 atom stereocenters. The van der Waals surface area contributed by atoms with Gasteiger partial charge in [0.1, 0.15) is 5.75 Å². The predicted molar refractivity (Wildman–Crippen MR) is 107 cm³/mol. The Morgan fingerprint density at radius 3 is 2.37 bits per heavy atom. The number of hydrogen-bond acceptors (Lipinski definition) is 5. The molecule has 0 radical (unpaired) electrons. The van der Waals surface area contributed by atoms with Crippen LogP contribution in [0.4, 0.5) is 11.6 Å². The number of nitrogens with zero attached hydrogens (tertiary/aromatic N) is 3. The Morgan fingerprint density at radius 1 is 1.15 bits per heavy atom. The van der Waals surface area contributed by atoms with Gasteiger partial charge in [0.2, 0.25) is 11.9 Å². The molecule has 27 heavy (non-hydrogen) atoms. The summed E-state index contributed by atoms with van der Waals surface area (Å²) in [5, 5.41) is 3.02. The average Bonchev–Trinajstić information content (AvgIpc) is 2.67. The van der Waals surface area contributed by atoms with E-state index in [1.165, 1.54) is 0 Å². The molecule has 1 amide bonds. The standard InChI is InChI=1S/C21H28N4O2/c1-4-13-27-19-7-5-18(6-8-19)24-20(26)17-9-11-25(12-10-17)21-22-15(2)14-16(3)23-21/h5-8,14,17H,4,9-13H2,1-3H3,(H,24,26). The highest BCUT2D eigenvalue weighted by atomic mass is 16.5. The number of benzene rings is 1. The fourth-order valence-corrected chi connectivity index (χ4v) is 3.29. The number of amides is 1. The number of carbonyl (C=O) groups excluding carboxylic acids is 1. The zero-order valence-electron chi connectivity index (χ0n) is 16.4. The average molecular weight is 368 g/mol. The van der Waals surface area contributed by atoms with Crippen LogP contribution < -0.4 is 15.0 Å². The Bertz CT molecular complexity index is 748. The Hall–Kier alpha value is -2.63. The highest BCUT2D eigenvalue weighted by Crippen LogP contribution is 2.23. The van der Waals surface area contributed by atoms with Crippen LogP contribution >= 0.6 is 0 Å². The van der Waals surface area contributed by atoms with E-state index in [-0.39, 0.29) is 11.8 Å². The monoisotopic (exact) mass is 368 g/mol. The largest absolute Gasteiger partial charge is 0.494 e. The Labute approximate surface area is 161 Å². The molecule has 1 saturated heterocycles. The quantitative estimate of drug-likeness (QED) is 0.841. The minimum Gasteiger partial charge on any atom is -0.494 e. The molecule has 1 aromatic heterocycles.